The second-order valence-electron chi connectivity index (χ2n) is 3.65. The lowest BCUT2D eigenvalue weighted by molar-refractivity contribution is 0.211. The Labute approximate surface area is 67.1 Å². The zero-order valence-electron chi connectivity index (χ0n) is 6.47. The first-order valence-electron chi connectivity index (χ1n) is 4.07. The van der Waals surface area contributed by atoms with E-state index in [4.69, 9.17) is 0 Å². The topological polar surface area (TPSA) is 46.2 Å². The molecular weight excluding hydrogens is 162 g/mol. The van der Waals surface area contributed by atoms with Crippen molar-refractivity contribution in [1.82, 2.24) is 5.32 Å². The molecule has 1 unspecified atom stereocenters. The SMILES string of the molecule is O=S1(=O)CCCC2(CCN2)C1. The molecule has 0 aromatic rings. The molecule has 11 heavy (non-hydrogen) atoms. The molecule has 0 saturated carbocycles. The molecule has 0 radical (unpaired) electrons. The van der Waals surface area contributed by atoms with Crippen LogP contribution in [0.1, 0.15) is 19.3 Å². The molecule has 2 heterocycles. The summed E-state index contributed by atoms with van der Waals surface area (Å²) < 4.78 is 22.4. The van der Waals surface area contributed by atoms with Crippen molar-refractivity contribution in [2.75, 3.05) is 18.1 Å². The molecule has 0 aliphatic carbocycles. The molecule has 2 saturated heterocycles. The third-order valence-electron chi connectivity index (χ3n) is 2.71. The molecule has 4 heteroatoms. The normalized spacial score (nSPS) is 41.8. The maximum absolute atomic E-state index is 11.2. The highest BCUT2D eigenvalue weighted by Crippen LogP contribution is 2.30. The molecule has 2 aliphatic rings. The van der Waals surface area contributed by atoms with Crippen LogP contribution in [0.2, 0.25) is 0 Å². The van der Waals surface area contributed by atoms with Crippen molar-refractivity contribution in [3.63, 3.8) is 0 Å². The zero-order chi connectivity index (χ0) is 7.95. The van der Waals surface area contributed by atoms with Crippen LogP contribution in [0.4, 0.5) is 0 Å². The molecule has 3 nitrogen and oxygen atoms in total. The van der Waals surface area contributed by atoms with Crippen LogP contribution in [0.25, 0.3) is 0 Å². The minimum absolute atomic E-state index is 0.00289. The molecule has 0 aromatic heterocycles. The van der Waals surface area contributed by atoms with E-state index in [1.807, 2.05) is 0 Å². The number of rotatable bonds is 0. The summed E-state index contributed by atoms with van der Waals surface area (Å²) in [5, 5.41) is 3.24. The molecule has 64 valence electrons. The largest absolute Gasteiger partial charge is 0.310 e. The molecule has 0 bridgehead atoms. The Balaban J connectivity index is 2.15. The highest BCUT2D eigenvalue weighted by atomic mass is 32.2. The quantitative estimate of drug-likeness (QED) is 0.560. The second kappa shape index (κ2) is 2.20. The van der Waals surface area contributed by atoms with E-state index < -0.39 is 9.84 Å². The van der Waals surface area contributed by atoms with Gasteiger partial charge in [0.25, 0.3) is 0 Å². The summed E-state index contributed by atoms with van der Waals surface area (Å²) >= 11 is 0. The van der Waals surface area contributed by atoms with Crippen LogP contribution >= 0.6 is 0 Å². The summed E-state index contributed by atoms with van der Waals surface area (Å²) in [4.78, 5) is 0. The van der Waals surface area contributed by atoms with Gasteiger partial charge >= 0.3 is 0 Å². The smallest absolute Gasteiger partial charge is 0.152 e. The van der Waals surface area contributed by atoms with Crippen molar-refractivity contribution in [2.24, 2.45) is 0 Å². The Hall–Kier alpha value is -0.0900. The van der Waals surface area contributed by atoms with Crippen LogP contribution in [0.5, 0.6) is 0 Å². The standard InChI is InChI=1S/C7H13NO2S/c9-11(10)5-1-2-7(6-11)3-4-8-7/h8H,1-6H2. The van der Waals surface area contributed by atoms with Gasteiger partial charge in [-0.2, -0.15) is 0 Å². The molecule has 1 N–H and O–H groups in total. The van der Waals surface area contributed by atoms with Crippen molar-refractivity contribution in [2.45, 2.75) is 24.8 Å². The maximum Gasteiger partial charge on any atom is 0.152 e. The molecular formula is C7H13NO2S. The highest BCUT2D eigenvalue weighted by Gasteiger charge is 2.42. The van der Waals surface area contributed by atoms with Gasteiger partial charge < -0.3 is 5.32 Å². The lowest BCUT2D eigenvalue weighted by Gasteiger charge is -2.45. The predicted molar refractivity (Wildman–Crippen MR) is 43.2 cm³/mol. The van der Waals surface area contributed by atoms with E-state index in [9.17, 15) is 8.42 Å². The van der Waals surface area contributed by atoms with Crippen LogP contribution in [0.3, 0.4) is 0 Å². The summed E-state index contributed by atoms with van der Waals surface area (Å²) in [6.07, 6.45) is 2.94. The van der Waals surface area contributed by atoms with E-state index in [2.05, 4.69) is 5.32 Å². The van der Waals surface area contributed by atoms with Gasteiger partial charge in [0.15, 0.2) is 9.84 Å². The zero-order valence-corrected chi connectivity index (χ0v) is 7.28. The molecule has 0 aromatic carbocycles. The van der Waals surface area contributed by atoms with Crippen molar-refractivity contribution >= 4 is 9.84 Å². The first kappa shape index (κ1) is 7.55. The van der Waals surface area contributed by atoms with Gasteiger partial charge in [0.05, 0.1) is 11.5 Å². The van der Waals surface area contributed by atoms with Crippen molar-refractivity contribution in [3.05, 3.63) is 0 Å². The average molecular weight is 175 g/mol. The molecule has 2 aliphatic heterocycles. The predicted octanol–water partition coefficient (Wildman–Crippen LogP) is -0.0729. The van der Waals surface area contributed by atoms with Crippen molar-refractivity contribution in [1.29, 1.82) is 0 Å². The van der Waals surface area contributed by atoms with E-state index in [1.54, 1.807) is 0 Å². The van der Waals surface area contributed by atoms with Crippen molar-refractivity contribution in [3.8, 4) is 0 Å². The summed E-state index contributed by atoms with van der Waals surface area (Å²) in [7, 11) is -2.71. The molecule has 1 atom stereocenters. The van der Waals surface area contributed by atoms with Gasteiger partial charge in [-0.15, -0.1) is 0 Å². The summed E-state index contributed by atoms with van der Waals surface area (Å²) in [6, 6.07) is 0. The molecule has 0 amide bonds. The molecule has 1 spiro atoms. The minimum Gasteiger partial charge on any atom is -0.310 e. The van der Waals surface area contributed by atoms with Gasteiger partial charge in [-0.25, -0.2) is 8.42 Å². The Morgan fingerprint density at radius 1 is 1.27 bits per heavy atom. The third-order valence-corrected chi connectivity index (χ3v) is 4.61. The first-order valence-corrected chi connectivity index (χ1v) is 5.90. The number of hydrogen-bond acceptors (Lipinski definition) is 3. The molecule has 2 fully saturated rings. The summed E-state index contributed by atoms with van der Waals surface area (Å²) in [6.45, 7) is 0.996. The van der Waals surface area contributed by atoms with Crippen LogP contribution in [0, 0.1) is 0 Å². The van der Waals surface area contributed by atoms with E-state index in [-0.39, 0.29) is 5.54 Å². The minimum atomic E-state index is -2.71. The lowest BCUT2D eigenvalue weighted by atomic mass is 9.85. The van der Waals surface area contributed by atoms with Crippen LogP contribution in [-0.4, -0.2) is 32.0 Å². The number of hydrogen-bond donors (Lipinski definition) is 1. The Morgan fingerprint density at radius 2 is 2.00 bits per heavy atom. The highest BCUT2D eigenvalue weighted by molar-refractivity contribution is 7.91. The fourth-order valence-corrected chi connectivity index (χ4v) is 3.97. The third kappa shape index (κ3) is 1.29. The van der Waals surface area contributed by atoms with Crippen LogP contribution < -0.4 is 5.32 Å². The number of sulfone groups is 1. The number of nitrogens with one attached hydrogen (secondary N) is 1. The summed E-state index contributed by atoms with van der Waals surface area (Å²) in [5.74, 6) is 0.774. The van der Waals surface area contributed by atoms with Gasteiger partial charge in [0.2, 0.25) is 0 Å². The van der Waals surface area contributed by atoms with Gasteiger partial charge in [-0.1, -0.05) is 0 Å². The van der Waals surface area contributed by atoms with Crippen LogP contribution in [0.15, 0.2) is 0 Å². The van der Waals surface area contributed by atoms with Gasteiger partial charge in [-0.3, -0.25) is 0 Å². The van der Waals surface area contributed by atoms with Crippen LogP contribution in [-0.2, 0) is 9.84 Å². The van der Waals surface area contributed by atoms with E-state index in [1.165, 1.54) is 0 Å². The summed E-state index contributed by atoms with van der Waals surface area (Å²) in [5.41, 5.74) is -0.00289. The fourth-order valence-electron chi connectivity index (χ4n) is 2.01. The first-order chi connectivity index (χ1) is 5.12. The second-order valence-corrected chi connectivity index (χ2v) is 5.84. The van der Waals surface area contributed by atoms with Crippen molar-refractivity contribution < 1.29 is 8.42 Å². The Kier molecular flexibility index (Phi) is 1.51. The Bertz CT molecular complexity index is 254. The average Bonchev–Trinajstić information content (AvgIpc) is 1.82. The van der Waals surface area contributed by atoms with E-state index >= 15 is 0 Å². The van der Waals surface area contributed by atoms with Gasteiger partial charge in [0, 0.05) is 5.54 Å². The van der Waals surface area contributed by atoms with Gasteiger partial charge in [0.1, 0.15) is 0 Å². The van der Waals surface area contributed by atoms with Gasteiger partial charge in [-0.05, 0) is 25.8 Å². The van der Waals surface area contributed by atoms with E-state index in [0.717, 1.165) is 25.8 Å². The Morgan fingerprint density at radius 3 is 2.36 bits per heavy atom. The lowest BCUT2D eigenvalue weighted by Crippen LogP contribution is -2.62. The maximum atomic E-state index is 11.2. The monoisotopic (exact) mass is 175 g/mol. The fraction of sp³-hybridized carbons (Fsp3) is 1.00. The molecule has 2 rings (SSSR count). The van der Waals surface area contributed by atoms with E-state index in [0.29, 0.717) is 11.5 Å².